The van der Waals surface area contributed by atoms with Gasteiger partial charge in [0.05, 0.1) is 24.9 Å². The molecule has 61 valence electrons. The molecule has 3 unspecified atom stereocenters. The Labute approximate surface area is 66.9 Å². The quantitative estimate of drug-likeness (QED) is 0.559. The van der Waals surface area contributed by atoms with Crippen molar-refractivity contribution in [2.75, 3.05) is 6.61 Å². The molecule has 0 N–H and O–H groups in total. The highest BCUT2D eigenvalue weighted by Crippen LogP contribution is 2.43. The summed E-state index contributed by atoms with van der Waals surface area (Å²) in [4.78, 5) is 0. The minimum atomic E-state index is 0.584. The molecule has 2 aliphatic heterocycles. The molecule has 2 nitrogen and oxygen atoms in total. The van der Waals surface area contributed by atoms with Crippen LogP contribution in [0.4, 0.5) is 0 Å². The molecule has 3 fully saturated rings. The monoisotopic (exact) mass is 153 g/mol. The maximum absolute atomic E-state index is 5.45. The Kier molecular flexibility index (Phi) is 1.29. The van der Waals surface area contributed by atoms with Crippen LogP contribution in [0.25, 0.3) is 0 Å². The smallest absolute Gasteiger partial charge is 0.0847 e. The number of rotatable bonds is 2. The summed E-state index contributed by atoms with van der Waals surface area (Å²) in [6.45, 7) is 0.998. The zero-order chi connectivity index (χ0) is 7.26. The summed E-state index contributed by atoms with van der Waals surface area (Å²) >= 11 is 0. The van der Waals surface area contributed by atoms with Crippen LogP contribution in [-0.4, -0.2) is 24.9 Å². The Morgan fingerprint density at radius 1 is 1.36 bits per heavy atom. The van der Waals surface area contributed by atoms with Gasteiger partial charge in [-0.15, -0.1) is 0 Å². The molecule has 2 saturated heterocycles. The van der Waals surface area contributed by atoms with Crippen LogP contribution in [0.15, 0.2) is 0 Å². The van der Waals surface area contributed by atoms with Crippen molar-refractivity contribution >= 4 is 0 Å². The third-order valence-electron chi connectivity index (χ3n) is 2.88. The summed E-state index contributed by atoms with van der Waals surface area (Å²) in [6.07, 6.45) is 6.84. The Hall–Kier alpha value is -0.0800. The fraction of sp³-hybridized carbons (Fsp3) is 0.889. The fourth-order valence-electron chi connectivity index (χ4n) is 2.04. The first-order valence-electron chi connectivity index (χ1n) is 4.52. The van der Waals surface area contributed by atoms with Crippen LogP contribution in [0.5, 0.6) is 0 Å². The van der Waals surface area contributed by atoms with Gasteiger partial charge in [-0.3, -0.25) is 0 Å². The summed E-state index contributed by atoms with van der Waals surface area (Å²) < 4.78 is 10.6. The van der Waals surface area contributed by atoms with Gasteiger partial charge in [-0.05, 0) is 31.6 Å². The molecule has 1 radical (unpaired) electrons. The van der Waals surface area contributed by atoms with E-state index in [1.165, 1.54) is 25.7 Å². The van der Waals surface area contributed by atoms with Crippen LogP contribution in [0.1, 0.15) is 25.7 Å². The van der Waals surface area contributed by atoms with E-state index in [4.69, 9.17) is 9.47 Å². The number of fused-ring (bicyclic) bond motifs is 1. The van der Waals surface area contributed by atoms with E-state index in [1.54, 1.807) is 5.92 Å². The second-order valence-electron chi connectivity index (χ2n) is 3.87. The van der Waals surface area contributed by atoms with Crippen LogP contribution < -0.4 is 0 Å². The molecular weight excluding hydrogens is 140 g/mol. The van der Waals surface area contributed by atoms with Crippen molar-refractivity contribution in [3.63, 3.8) is 0 Å². The standard InChI is InChI=1S/C9H13O2/c1-2-8-9(11-8)4-6(1)3-7-5-10-7/h7-9H,1-5H2. The van der Waals surface area contributed by atoms with E-state index in [0.717, 1.165) is 6.61 Å². The van der Waals surface area contributed by atoms with Gasteiger partial charge in [-0.25, -0.2) is 0 Å². The van der Waals surface area contributed by atoms with Gasteiger partial charge >= 0.3 is 0 Å². The zero-order valence-electron chi connectivity index (χ0n) is 6.58. The molecule has 1 aliphatic carbocycles. The first kappa shape index (κ1) is 6.44. The molecule has 3 aliphatic rings. The van der Waals surface area contributed by atoms with Crippen LogP contribution in [0, 0.1) is 5.92 Å². The van der Waals surface area contributed by atoms with Gasteiger partial charge in [-0.1, -0.05) is 0 Å². The minimum Gasteiger partial charge on any atom is -0.373 e. The van der Waals surface area contributed by atoms with Gasteiger partial charge in [0.15, 0.2) is 0 Å². The number of epoxide rings is 2. The van der Waals surface area contributed by atoms with Gasteiger partial charge in [0.25, 0.3) is 0 Å². The fourth-order valence-corrected chi connectivity index (χ4v) is 2.04. The lowest BCUT2D eigenvalue weighted by Crippen LogP contribution is -2.13. The Morgan fingerprint density at radius 3 is 3.00 bits per heavy atom. The first-order chi connectivity index (χ1) is 5.42. The molecule has 1 saturated carbocycles. The number of hydrogen-bond acceptors (Lipinski definition) is 2. The normalized spacial score (nSPS) is 48.5. The summed E-state index contributed by atoms with van der Waals surface area (Å²) in [5.41, 5.74) is 0. The van der Waals surface area contributed by atoms with Gasteiger partial charge in [0.2, 0.25) is 0 Å². The summed E-state index contributed by atoms with van der Waals surface area (Å²) in [6, 6.07) is 0. The Morgan fingerprint density at radius 2 is 2.27 bits per heavy atom. The van der Waals surface area contributed by atoms with E-state index in [1.807, 2.05) is 0 Å². The van der Waals surface area contributed by atoms with Crippen LogP contribution >= 0.6 is 0 Å². The van der Waals surface area contributed by atoms with Gasteiger partial charge in [0.1, 0.15) is 0 Å². The minimum absolute atomic E-state index is 0.584. The SMILES string of the molecule is C1CC2OC2C[C]1CC1CO1. The van der Waals surface area contributed by atoms with Crippen molar-refractivity contribution in [2.24, 2.45) is 0 Å². The molecule has 3 atom stereocenters. The van der Waals surface area contributed by atoms with Crippen molar-refractivity contribution in [3.8, 4) is 0 Å². The zero-order valence-corrected chi connectivity index (χ0v) is 6.58. The average molecular weight is 153 g/mol. The van der Waals surface area contributed by atoms with Gasteiger partial charge in [0, 0.05) is 0 Å². The third kappa shape index (κ3) is 1.30. The van der Waals surface area contributed by atoms with Crippen molar-refractivity contribution in [1.29, 1.82) is 0 Å². The second kappa shape index (κ2) is 2.20. The van der Waals surface area contributed by atoms with Gasteiger partial charge in [-0.2, -0.15) is 0 Å². The third-order valence-corrected chi connectivity index (χ3v) is 2.88. The lowest BCUT2D eigenvalue weighted by molar-refractivity contribution is 0.370. The van der Waals surface area contributed by atoms with Crippen LogP contribution in [-0.2, 0) is 9.47 Å². The van der Waals surface area contributed by atoms with Crippen LogP contribution in [0.2, 0.25) is 0 Å². The predicted octanol–water partition coefficient (Wildman–Crippen LogP) is 1.30. The molecule has 0 aromatic rings. The molecule has 2 heteroatoms. The summed E-state index contributed by atoms with van der Waals surface area (Å²) in [5.74, 6) is 1.69. The predicted molar refractivity (Wildman–Crippen MR) is 40.1 cm³/mol. The number of hydrogen-bond donors (Lipinski definition) is 0. The molecule has 0 bridgehead atoms. The van der Waals surface area contributed by atoms with E-state index in [2.05, 4.69) is 0 Å². The Bertz CT molecular complexity index is 163. The molecular formula is C9H13O2. The van der Waals surface area contributed by atoms with Crippen molar-refractivity contribution in [3.05, 3.63) is 5.92 Å². The van der Waals surface area contributed by atoms with Crippen molar-refractivity contribution in [1.82, 2.24) is 0 Å². The maximum atomic E-state index is 5.45. The lowest BCUT2D eigenvalue weighted by Gasteiger charge is -2.16. The Balaban J connectivity index is 1.52. The molecule has 0 spiro atoms. The van der Waals surface area contributed by atoms with E-state index in [-0.39, 0.29) is 0 Å². The second-order valence-corrected chi connectivity index (χ2v) is 3.87. The summed E-state index contributed by atoms with van der Waals surface area (Å²) in [7, 11) is 0. The number of ether oxygens (including phenoxy) is 2. The van der Waals surface area contributed by atoms with E-state index >= 15 is 0 Å². The van der Waals surface area contributed by atoms with Crippen molar-refractivity contribution in [2.45, 2.75) is 44.0 Å². The van der Waals surface area contributed by atoms with Crippen LogP contribution in [0.3, 0.4) is 0 Å². The van der Waals surface area contributed by atoms with Crippen molar-refractivity contribution < 1.29 is 9.47 Å². The van der Waals surface area contributed by atoms with E-state index in [0.29, 0.717) is 18.3 Å². The topological polar surface area (TPSA) is 25.1 Å². The van der Waals surface area contributed by atoms with E-state index < -0.39 is 0 Å². The van der Waals surface area contributed by atoms with E-state index in [9.17, 15) is 0 Å². The largest absolute Gasteiger partial charge is 0.373 e. The lowest BCUT2D eigenvalue weighted by atomic mass is 9.86. The first-order valence-corrected chi connectivity index (χ1v) is 4.52. The highest BCUT2D eigenvalue weighted by molar-refractivity contribution is 5.07. The molecule has 11 heavy (non-hydrogen) atoms. The average Bonchev–Trinajstić information content (AvgIpc) is 2.78. The maximum Gasteiger partial charge on any atom is 0.0847 e. The van der Waals surface area contributed by atoms with Gasteiger partial charge < -0.3 is 9.47 Å². The molecule has 2 heterocycles. The highest BCUT2D eigenvalue weighted by Gasteiger charge is 2.45. The molecule has 0 aromatic carbocycles. The molecule has 0 amide bonds. The molecule has 3 rings (SSSR count). The highest BCUT2D eigenvalue weighted by atomic mass is 16.6. The molecule has 0 aromatic heterocycles. The summed E-state index contributed by atoms with van der Waals surface area (Å²) in [5, 5.41) is 0.